The number of amides is 1. The molecule has 0 saturated heterocycles. The van der Waals surface area contributed by atoms with Crippen molar-refractivity contribution >= 4 is 23.8 Å². The second-order valence-electron chi connectivity index (χ2n) is 9.62. The van der Waals surface area contributed by atoms with Gasteiger partial charge in [-0.05, 0) is 61.9 Å². The molecule has 0 saturated carbocycles. The van der Waals surface area contributed by atoms with Crippen molar-refractivity contribution in [3.8, 4) is 17.2 Å². The summed E-state index contributed by atoms with van der Waals surface area (Å²) in [6, 6.07) is 23.0. The molecule has 0 aliphatic carbocycles. The first kappa shape index (κ1) is 30.3. The van der Waals surface area contributed by atoms with Crippen molar-refractivity contribution in [3.05, 3.63) is 124 Å². The maximum atomic E-state index is 14.1. The number of aryl methyl sites for hydroxylation is 1. The van der Waals surface area contributed by atoms with E-state index in [1.165, 1.54) is 4.90 Å². The third-order valence-electron chi connectivity index (χ3n) is 6.53. The van der Waals surface area contributed by atoms with E-state index in [9.17, 15) is 34.5 Å². The number of aromatic carboxylic acids is 3. The van der Waals surface area contributed by atoms with Gasteiger partial charge in [0, 0.05) is 18.7 Å². The molecule has 4 rings (SSSR count). The third kappa shape index (κ3) is 7.36. The van der Waals surface area contributed by atoms with Crippen LogP contribution in [0.1, 0.15) is 65.0 Å². The van der Waals surface area contributed by atoms with Crippen molar-refractivity contribution in [2.24, 2.45) is 0 Å². The molecule has 0 heterocycles. The molecule has 10 heteroatoms. The summed E-state index contributed by atoms with van der Waals surface area (Å²) in [6.45, 7) is 4.10. The number of benzene rings is 4. The minimum absolute atomic E-state index is 0.0213. The summed E-state index contributed by atoms with van der Waals surface area (Å²) in [5.74, 6) is -3.99. The molecular weight excluding hydrogens is 554 g/mol. The van der Waals surface area contributed by atoms with Crippen molar-refractivity contribution in [2.75, 3.05) is 6.61 Å². The van der Waals surface area contributed by atoms with Crippen LogP contribution in [0.25, 0.3) is 0 Å². The summed E-state index contributed by atoms with van der Waals surface area (Å²) in [5.41, 5.74) is -0.195. The van der Waals surface area contributed by atoms with Crippen LogP contribution in [-0.2, 0) is 13.1 Å². The van der Waals surface area contributed by atoms with Crippen molar-refractivity contribution < 1.29 is 44.0 Å². The Morgan fingerprint density at radius 2 is 1.28 bits per heavy atom. The summed E-state index contributed by atoms with van der Waals surface area (Å²) in [5, 5.41) is 29.0. The van der Waals surface area contributed by atoms with Crippen molar-refractivity contribution in [2.45, 2.75) is 26.9 Å². The Morgan fingerprint density at radius 3 is 1.91 bits per heavy atom. The van der Waals surface area contributed by atoms with Gasteiger partial charge in [0.25, 0.3) is 5.91 Å². The predicted molar refractivity (Wildman–Crippen MR) is 156 cm³/mol. The van der Waals surface area contributed by atoms with Gasteiger partial charge in [0.1, 0.15) is 17.2 Å². The average molecular weight is 584 g/mol. The molecule has 3 N–H and O–H groups in total. The first-order valence-corrected chi connectivity index (χ1v) is 13.3. The first-order chi connectivity index (χ1) is 20.6. The maximum Gasteiger partial charge on any atom is 0.336 e. The van der Waals surface area contributed by atoms with Gasteiger partial charge in [-0.25, -0.2) is 14.4 Å². The number of ether oxygens (including phenoxy) is 2. The van der Waals surface area contributed by atoms with Gasteiger partial charge in [0.05, 0.1) is 28.9 Å². The van der Waals surface area contributed by atoms with E-state index in [1.807, 2.05) is 38.1 Å². The highest BCUT2D eigenvalue weighted by Crippen LogP contribution is 2.27. The second kappa shape index (κ2) is 13.3. The number of hydrogen-bond acceptors (Lipinski definition) is 6. The number of carbonyl (C=O) groups is 4. The van der Waals surface area contributed by atoms with E-state index in [0.29, 0.717) is 41.0 Å². The van der Waals surface area contributed by atoms with Gasteiger partial charge in [-0.15, -0.1) is 0 Å². The zero-order chi connectivity index (χ0) is 31.1. The molecule has 220 valence electrons. The van der Waals surface area contributed by atoms with E-state index in [2.05, 4.69) is 0 Å². The van der Waals surface area contributed by atoms with Gasteiger partial charge in [0.15, 0.2) is 0 Å². The summed E-state index contributed by atoms with van der Waals surface area (Å²) in [4.78, 5) is 51.1. The fraction of sp³-hybridized carbons (Fsp3) is 0.152. The molecule has 4 aromatic carbocycles. The quantitative estimate of drug-likeness (QED) is 0.179. The molecule has 0 spiro atoms. The third-order valence-corrected chi connectivity index (χ3v) is 6.53. The highest BCUT2D eigenvalue weighted by molar-refractivity contribution is 6.10. The van der Waals surface area contributed by atoms with Crippen molar-refractivity contribution in [3.63, 3.8) is 0 Å². The fourth-order valence-corrected chi connectivity index (χ4v) is 4.48. The zero-order valence-corrected chi connectivity index (χ0v) is 23.4. The Morgan fingerprint density at radius 1 is 0.674 bits per heavy atom. The van der Waals surface area contributed by atoms with Crippen LogP contribution >= 0.6 is 0 Å². The first-order valence-electron chi connectivity index (χ1n) is 13.3. The summed E-state index contributed by atoms with van der Waals surface area (Å²) in [6.07, 6.45) is 0. The Hall–Kier alpha value is -5.64. The molecule has 4 aromatic rings. The van der Waals surface area contributed by atoms with Gasteiger partial charge in [0.2, 0.25) is 0 Å². The van der Waals surface area contributed by atoms with Crippen molar-refractivity contribution in [1.82, 2.24) is 4.90 Å². The van der Waals surface area contributed by atoms with E-state index in [0.717, 1.165) is 11.6 Å². The topological polar surface area (TPSA) is 151 Å². The minimum atomic E-state index is -1.63. The van der Waals surface area contributed by atoms with Gasteiger partial charge in [-0.2, -0.15) is 0 Å². The SMILES string of the molecule is CCOc1ccccc1CN(Cc1cccc(Oc2ccc(C)cc2)c1)C(=O)c1cc(C(=O)O)c(C(=O)O)cc1C(=O)O. The van der Waals surface area contributed by atoms with Crippen LogP contribution in [-0.4, -0.2) is 50.6 Å². The fourth-order valence-electron chi connectivity index (χ4n) is 4.48. The van der Waals surface area contributed by atoms with Crippen LogP contribution in [0.5, 0.6) is 17.2 Å². The van der Waals surface area contributed by atoms with E-state index in [4.69, 9.17) is 9.47 Å². The Labute approximate surface area is 247 Å². The smallest absolute Gasteiger partial charge is 0.336 e. The average Bonchev–Trinajstić information content (AvgIpc) is 2.98. The second-order valence-corrected chi connectivity index (χ2v) is 9.62. The van der Waals surface area contributed by atoms with Gasteiger partial charge < -0.3 is 29.7 Å². The number of hydrogen-bond donors (Lipinski definition) is 3. The molecule has 0 aromatic heterocycles. The number of nitrogens with zero attached hydrogens (tertiary/aromatic N) is 1. The molecule has 10 nitrogen and oxygen atoms in total. The van der Waals surface area contributed by atoms with Crippen LogP contribution in [0.15, 0.2) is 84.9 Å². The van der Waals surface area contributed by atoms with Crippen LogP contribution in [0, 0.1) is 6.92 Å². The molecule has 0 bridgehead atoms. The standard InChI is InChI=1S/C33H29NO9/c1-3-42-29-10-5-4-8-22(29)19-34(18-21-7-6-9-24(15-21)43-23-13-11-20(2)12-14-23)30(35)25-16-27(32(38)39)28(33(40)41)17-26(25)31(36)37/h4-17H,3,18-19H2,1-2H3,(H,36,37)(H,38,39)(H,40,41). The van der Waals surface area contributed by atoms with Gasteiger partial charge in [-0.3, -0.25) is 4.79 Å². The Bertz CT molecular complexity index is 1680. The lowest BCUT2D eigenvalue weighted by Crippen LogP contribution is -2.32. The maximum absolute atomic E-state index is 14.1. The van der Waals surface area contributed by atoms with E-state index in [-0.39, 0.29) is 13.1 Å². The molecule has 0 fully saturated rings. The highest BCUT2D eigenvalue weighted by atomic mass is 16.5. The number of carboxylic acid groups (broad SMARTS) is 3. The van der Waals surface area contributed by atoms with E-state index < -0.39 is 46.1 Å². The molecule has 43 heavy (non-hydrogen) atoms. The Kier molecular flexibility index (Phi) is 9.41. The Balaban J connectivity index is 1.78. The minimum Gasteiger partial charge on any atom is -0.494 e. The number of carboxylic acids is 3. The number of para-hydroxylation sites is 1. The lowest BCUT2D eigenvalue weighted by molar-refractivity contribution is 0.0643. The summed E-state index contributed by atoms with van der Waals surface area (Å²) in [7, 11) is 0. The molecule has 0 atom stereocenters. The number of rotatable bonds is 12. The molecule has 0 aliphatic rings. The number of carbonyl (C=O) groups excluding carboxylic acids is 1. The molecular formula is C33H29NO9. The van der Waals surface area contributed by atoms with E-state index in [1.54, 1.807) is 48.5 Å². The summed E-state index contributed by atoms with van der Waals surface area (Å²) >= 11 is 0. The lowest BCUT2D eigenvalue weighted by atomic mass is 9.96. The van der Waals surface area contributed by atoms with Crippen LogP contribution in [0.3, 0.4) is 0 Å². The van der Waals surface area contributed by atoms with E-state index >= 15 is 0 Å². The highest BCUT2D eigenvalue weighted by Gasteiger charge is 2.28. The van der Waals surface area contributed by atoms with Crippen LogP contribution < -0.4 is 9.47 Å². The van der Waals surface area contributed by atoms with Gasteiger partial charge in [-0.1, -0.05) is 48.0 Å². The lowest BCUT2D eigenvalue weighted by Gasteiger charge is -2.25. The van der Waals surface area contributed by atoms with Crippen LogP contribution in [0.4, 0.5) is 0 Å². The van der Waals surface area contributed by atoms with Crippen molar-refractivity contribution in [1.29, 1.82) is 0 Å². The molecule has 0 unspecified atom stereocenters. The monoisotopic (exact) mass is 583 g/mol. The van der Waals surface area contributed by atoms with Gasteiger partial charge >= 0.3 is 17.9 Å². The molecule has 0 radical (unpaired) electrons. The predicted octanol–water partition coefficient (Wildman–Crippen LogP) is 6.12. The zero-order valence-electron chi connectivity index (χ0n) is 23.4. The molecule has 0 aliphatic heterocycles. The largest absolute Gasteiger partial charge is 0.494 e. The molecule has 1 amide bonds. The van der Waals surface area contributed by atoms with Crippen LogP contribution in [0.2, 0.25) is 0 Å². The normalized spacial score (nSPS) is 10.6. The summed E-state index contributed by atoms with van der Waals surface area (Å²) < 4.78 is 11.7.